The number of alkyl halides is 1. The van der Waals surface area contributed by atoms with Gasteiger partial charge in [-0.1, -0.05) is 6.92 Å². The molecule has 84 valence electrons. The molecule has 0 N–H and O–H groups in total. The van der Waals surface area contributed by atoms with Crippen LogP contribution in [-0.2, 0) is 12.3 Å². The molecule has 4 heteroatoms. The number of aryl methyl sites for hydroxylation is 1. The third kappa shape index (κ3) is 2.25. The van der Waals surface area contributed by atoms with Crippen molar-refractivity contribution in [1.29, 1.82) is 0 Å². The van der Waals surface area contributed by atoms with Gasteiger partial charge >= 0.3 is 0 Å². The lowest BCUT2D eigenvalue weighted by Gasteiger charge is -1.94. The van der Waals surface area contributed by atoms with E-state index in [2.05, 4.69) is 11.9 Å². The van der Waals surface area contributed by atoms with Crippen LogP contribution in [0.5, 0.6) is 0 Å². The van der Waals surface area contributed by atoms with Crippen LogP contribution in [0.4, 0.5) is 4.39 Å². The van der Waals surface area contributed by atoms with Crippen LogP contribution in [0.15, 0.2) is 24.3 Å². The van der Waals surface area contributed by atoms with Crippen molar-refractivity contribution in [3.8, 4) is 10.6 Å². The molecule has 16 heavy (non-hydrogen) atoms. The number of benzene rings is 1. The molecule has 0 aliphatic heterocycles. The van der Waals surface area contributed by atoms with Gasteiger partial charge in [-0.05, 0) is 30.7 Å². The standard InChI is InChI=1S/C12H11ClFNS/c1-2-10-11(7-13)16-12(15-10)8-3-5-9(14)6-4-8/h3-6H,2,7H2,1H3. The molecule has 0 radical (unpaired) electrons. The van der Waals surface area contributed by atoms with Gasteiger partial charge in [-0.2, -0.15) is 0 Å². The second kappa shape index (κ2) is 4.93. The zero-order valence-electron chi connectivity index (χ0n) is 8.84. The molecule has 0 fully saturated rings. The largest absolute Gasteiger partial charge is 0.241 e. The first kappa shape index (κ1) is 11.6. The number of nitrogens with zero attached hydrogens (tertiary/aromatic N) is 1. The Labute approximate surface area is 103 Å². The van der Waals surface area contributed by atoms with E-state index in [1.54, 1.807) is 23.5 Å². The highest BCUT2D eigenvalue weighted by atomic mass is 35.5. The third-order valence-corrected chi connectivity index (χ3v) is 3.90. The molecule has 0 spiro atoms. The Morgan fingerprint density at radius 1 is 1.31 bits per heavy atom. The summed E-state index contributed by atoms with van der Waals surface area (Å²) in [4.78, 5) is 5.61. The first-order valence-electron chi connectivity index (χ1n) is 5.05. The maximum Gasteiger partial charge on any atom is 0.123 e. The molecule has 1 heterocycles. The maximum atomic E-state index is 12.8. The summed E-state index contributed by atoms with van der Waals surface area (Å²) in [6.45, 7) is 2.06. The summed E-state index contributed by atoms with van der Waals surface area (Å²) in [5.41, 5.74) is 1.98. The minimum atomic E-state index is -0.228. The fraction of sp³-hybridized carbons (Fsp3) is 0.250. The van der Waals surface area contributed by atoms with Gasteiger partial charge in [0.1, 0.15) is 10.8 Å². The first-order chi connectivity index (χ1) is 7.74. The monoisotopic (exact) mass is 255 g/mol. The quantitative estimate of drug-likeness (QED) is 0.747. The summed E-state index contributed by atoms with van der Waals surface area (Å²) in [5.74, 6) is 0.260. The molecule has 0 bridgehead atoms. The van der Waals surface area contributed by atoms with E-state index in [9.17, 15) is 4.39 Å². The topological polar surface area (TPSA) is 12.9 Å². The molecule has 0 saturated heterocycles. The Hall–Kier alpha value is -0.930. The minimum absolute atomic E-state index is 0.228. The lowest BCUT2D eigenvalue weighted by Crippen LogP contribution is -1.84. The predicted octanol–water partition coefficient (Wildman–Crippen LogP) is 4.25. The fourth-order valence-corrected chi connectivity index (χ4v) is 2.80. The normalized spacial score (nSPS) is 10.7. The van der Waals surface area contributed by atoms with E-state index in [1.807, 2.05) is 0 Å². The van der Waals surface area contributed by atoms with Crippen molar-refractivity contribution in [2.24, 2.45) is 0 Å². The number of aromatic nitrogens is 1. The zero-order valence-corrected chi connectivity index (χ0v) is 10.4. The highest BCUT2D eigenvalue weighted by molar-refractivity contribution is 7.15. The smallest absolute Gasteiger partial charge is 0.123 e. The van der Waals surface area contributed by atoms with Crippen molar-refractivity contribution < 1.29 is 4.39 Å². The van der Waals surface area contributed by atoms with Crippen LogP contribution in [-0.4, -0.2) is 4.98 Å². The Morgan fingerprint density at radius 2 is 2.00 bits per heavy atom. The van der Waals surface area contributed by atoms with Crippen LogP contribution in [0.25, 0.3) is 10.6 Å². The number of hydrogen-bond acceptors (Lipinski definition) is 2. The van der Waals surface area contributed by atoms with Gasteiger partial charge in [0.15, 0.2) is 0 Å². The van der Waals surface area contributed by atoms with Crippen molar-refractivity contribution >= 4 is 22.9 Å². The first-order valence-corrected chi connectivity index (χ1v) is 6.40. The predicted molar refractivity (Wildman–Crippen MR) is 66.4 cm³/mol. The van der Waals surface area contributed by atoms with E-state index < -0.39 is 0 Å². The zero-order chi connectivity index (χ0) is 11.5. The Kier molecular flexibility index (Phi) is 3.56. The summed E-state index contributed by atoms with van der Waals surface area (Å²) in [7, 11) is 0. The second-order valence-corrected chi connectivity index (χ2v) is 4.73. The molecule has 1 aromatic heterocycles. The number of halogens is 2. The molecule has 0 atom stereocenters. The highest BCUT2D eigenvalue weighted by Crippen LogP contribution is 2.29. The van der Waals surface area contributed by atoms with E-state index in [1.165, 1.54) is 12.1 Å². The molecule has 0 aliphatic carbocycles. The molecule has 0 saturated carbocycles. The van der Waals surface area contributed by atoms with Gasteiger partial charge in [0.2, 0.25) is 0 Å². The fourth-order valence-electron chi connectivity index (χ4n) is 1.48. The molecule has 0 amide bonds. The number of hydrogen-bond donors (Lipinski definition) is 0. The van der Waals surface area contributed by atoms with E-state index in [4.69, 9.17) is 11.6 Å². The maximum absolute atomic E-state index is 12.8. The van der Waals surface area contributed by atoms with E-state index in [-0.39, 0.29) is 5.82 Å². The van der Waals surface area contributed by atoms with Crippen molar-refractivity contribution in [1.82, 2.24) is 4.98 Å². The molecular formula is C12H11ClFNS. The Morgan fingerprint density at radius 3 is 2.50 bits per heavy atom. The van der Waals surface area contributed by atoms with Crippen LogP contribution in [0, 0.1) is 5.82 Å². The summed E-state index contributed by atoms with van der Waals surface area (Å²) < 4.78 is 12.8. The van der Waals surface area contributed by atoms with Crippen LogP contribution in [0.3, 0.4) is 0 Å². The molecule has 2 aromatic rings. The lowest BCUT2D eigenvalue weighted by molar-refractivity contribution is 0.628. The average Bonchev–Trinajstić information content (AvgIpc) is 2.73. The summed E-state index contributed by atoms with van der Waals surface area (Å²) in [6.07, 6.45) is 0.875. The Bertz CT molecular complexity index is 457. The SMILES string of the molecule is CCc1nc(-c2ccc(F)cc2)sc1CCl. The van der Waals surface area contributed by atoms with Crippen LogP contribution in [0.1, 0.15) is 17.5 Å². The van der Waals surface area contributed by atoms with Gasteiger partial charge in [0.25, 0.3) is 0 Å². The molecule has 0 aliphatic rings. The van der Waals surface area contributed by atoms with Crippen molar-refractivity contribution in [2.45, 2.75) is 19.2 Å². The molecule has 2 rings (SSSR count). The molecule has 0 unspecified atom stereocenters. The van der Waals surface area contributed by atoms with Crippen LogP contribution in [0.2, 0.25) is 0 Å². The van der Waals surface area contributed by atoms with Crippen LogP contribution < -0.4 is 0 Å². The Balaban J connectivity index is 2.40. The molecule has 1 aromatic carbocycles. The minimum Gasteiger partial charge on any atom is -0.241 e. The molecule has 1 nitrogen and oxygen atoms in total. The van der Waals surface area contributed by atoms with Gasteiger partial charge < -0.3 is 0 Å². The molecular weight excluding hydrogens is 245 g/mol. The van der Waals surface area contributed by atoms with E-state index >= 15 is 0 Å². The third-order valence-electron chi connectivity index (χ3n) is 2.33. The van der Waals surface area contributed by atoms with Gasteiger partial charge in [-0.25, -0.2) is 9.37 Å². The summed E-state index contributed by atoms with van der Waals surface area (Å²) in [5, 5.41) is 0.910. The summed E-state index contributed by atoms with van der Waals surface area (Å²) >= 11 is 7.42. The number of thiazole rings is 1. The second-order valence-electron chi connectivity index (χ2n) is 3.38. The highest BCUT2D eigenvalue weighted by Gasteiger charge is 2.10. The van der Waals surface area contributed by atoms with Crippen LogP contribution >= 0.6 is 22.9 Å². The van der Waals surface area contributed by atoms with Crippen molar-refractivity contribution in [2.75, 3.05) is 0 Å². The number of rotatable bonds is 3. The summed E-state index contributed by atoms with van der Waals surface area (Å²) in [6, 6.07) is 6.38. The lowest BCUT2D eigenvalue weighted by atomic mass is 10.2. The van der Waals surface area contributed by atoms with Gasteiger partial charge in [-0.3, -0.25) is 0 Å². The van der Waals surface area contributed by atoms with Crippen molar-refractivity contribution in [3.05, 3.63) is 40.7 Å². The van der Waals surface area contributed by atoms with Crippen molar-refractivity contribution in [3.63, 3.8) is 0 Å². The van der Waals surface area contributed by atoms with E-state index in [0.717, 1.165) is 27.6 Å². The van der Waals surface area contributed by atoms with Gasteiger partial charge in [0.05, 0.1) is 11.6 Å². The van der Waals surface area contributed by atoms with E-state index in [0.29, 0.717) is 5.88 Å². The van der Waals surface area contributed by atoms with Gasteiger partial charge in [-0.15, -0.1) is 22.9 Å². The van der Waals surface area contributed by atoms with Gasteiger partial charge in [0, 0.05) is 10.4 Å². The average molecular weight is 256 g/mol.